The summed E-state index contributed by atoms with van der Waals surface area (Å²) in [6, 6.07) is 13.7. The van der Waals surface area contributed by atoms with Gasteiger partial charge in [-0.2, -0.15) is 0 Å². The zero-order chi connectivity index (χ0) is 53.9. The van der Waals surface area contributed by atoms with Gasteiger partial charge >= 0.3 is 5.97 Å². The number of morpholine rings is 1. The molecule has 1 aromatic heterocycles. The molecule has 9 aliphatic rings. The molecule has 12 rings (SSSR count). The Morgan fingerprint density at radius 3 is 2.55 bits per heavy atom. The second kappa shape index (κ2) is 22.1. The van der Waals surface area contributed by atoms with Crippen LogP contribution in [0.1, 0.15) is 102 Å². The number of aryl methyl sites for hydroxylation is 1. The van der Waals surface area contributed by atoms with E-state index >= 15 is 9.59 Å². The molecule has 2 aromatic carbocycles. The molecule has 78 heavy (non-hydrogen) atoms. The van der Waals surface area contributed by atoms with Crippen molar-refractivity contribution in [1.82, 2.24) is 45.2 Å². The molecule has 0 radical (unpaired) electrons. The fourth-order valence-corrected chi connectivity index (χ4v) is 14.9. The Hall–Kier alpha value is -5.01. The number of piperazine rings is 1. The highest BCUT2D eigenvalue weighted by Crippen LogP contribution is 2.45. The lowest BCUT2D eigenvalue weighted by Crippen LogP contribution is -2.62. The van der Waals surface area contributed by atoms with Crippen LogP contribution in [0, 0.1) is 16.7 Å². The van der Waals surface area contributed by atoms with E-state index in [1.807, 2.05) is 4.90 Å². The summed E-state index contributed by atoms with van der Waals surface area (Å²) in [5.74, 6) is -0.371. The van der Waals surface area contributed by atoms with E-state index in [-0.39, 0.29) is 72.3 Å². The lowest BCUT2D eigenvalue weighted by molar-refractivity contribution is -0.155. The maximum atomic E-state index is 15.2. The van der Waals surface area contributed by atoms with E-state index in [1.54, 1.807) is 12.1 Å². The molecule has 3 amide bonds. The van der Waals surface area contributed by atoms with Gasteiger partial charge in [-0.05, 0) is 112 Å². The van der Waals surface area contributed by atoms with Crippen molar-refractivity contribution < 1.29 is 33.4 Å². The summed E-state index contributed by atoms with van der Waals surface area (Å²) in [7, 11) is 1.76. The molecule has 17 nitrogen and oxygen atoms in total. The summed E-state index contributed by atoms with van der Waals surface area (Å²) < 4.78 is 20.9. The van der Waals surface area contributed by atoms with Gasteiger partial charge in [-0.15, -0.1) is 0 Å². The number of nitrogens with zero attached hydrogens (tertiary/aromatic N) is 7. The predicted octanol–water partition coefficient (Wildman–Crippen LogP) is 5.04. The highest BCUT2D eigenvalue weighted by atomic mass is 16.5. The van der Waals surface area contributed by atoms with Crippen LogP contribution in [-0.2, 0) is 52.8 Å². The minimum absolute atomic E-state index is 0.0316. The van der Waals surface area contributed by atoms with Gasteiger partial charge in [0, 0.05) is 125 Å². The maximum absolute atomic E-state index is 15.2. The Balaban J connectivity index is 0.891. The van der Waals surface area contributed by atoms with E-state index in [9.17, 15) is 9.59 Å². The van der Waals surface area contributed by atoms with Crippen LogP contribution >= 0.6 is 0 Å². The minimum atomic E-state index is -0.895. The topological polar surface area (TPSA) is 175 Å². The first-order chi connectivity index (χ1) is 37.8. The number of aromatic nitrogens is 1. The Labute approximate surface area is 460 Å². The molecule has 1 spiro atoms. The molecule has 1 saturated carbocycles. The van der Waals surface area contributed by atoms with E-state index in [0.29, 0.717) is 31.8 Å². The van der Waals surface area contributed by atoms with Crippen LogP contribution in [0.15, 0.2) is 53.2 Å². The first-order valence-corrected chi connectivity index (χ1v) is 29.7. The van der Waals surface area contributed by atoms with Crippen molar-refractivity contribution >= 4 is 46.4 Å². The molecule has 420 valence electrons. The first kappa shape index (κ1) is 53.6. The number of ether oxygens (including phenoxy) is 3. The number of likely N-dealkylation sites (tertiary alicyclic amines) is 2. The Kier molecular flexibility index (Phi) is 15.2. The summed E-state index contributed by atoms with van der Waals surface area (Å²) in [6.45, 7) is 19.2. The van der Waals surface area contributed by atoms with Crippen LogP contribution in [0.3, 0.4) is 0 Å². The number of hydrazine groups is 1. The highest BCUT2D eigenvalue weighted by molar-refractivity contribution is 5.96. The van der Waals surface area contributed by atoms with Crippen LogP contribution in [-0.4, -0.2) is 194 Å². The smallest absolute Gasteiger partial charge is 0.324 e. The van der Waals surface area contributed by atoms with Gasteiger partial charge in [-0.25, -0.2) is 5.43 Å². The molecular formula is C61H84N10O7. The average Bonchev–Trinajstić information content (AvgIpc) is 3.79. The Morgan fingerprint density at radius 2 is 1.74 bits per heavy atom. The van der Waals surface area contributed by atoms with Crippen molar-refractivity contribution in [3.05, 3.63) is 65.0 Å². The number of fused-ring (bicyclic) bond motifs is 7. The van der Waals surface area contributed by atoms with Crippen molar-refractivity contribution in [3.63, 3.8) is 0 Å². The number of rotatable bonds is 10. The summed E-state index contributed by atoms with van der Waals surface area (Å²) in [5.41, 5.74) is 11.4. The molecule has 1 aliphatic carbocycles. The fraction of sp³-hybridized carbons (Fsp3) is 0.656. The predicted molar refractivity (Wildman–Crippen MR) is 300 cm³/mol. The van der Waals surface area contributed by atoms with Gasteiger partial charge < -0.3 is 34.3 Å². The van der Waals surface area contributed by atoms with Gasteiger partial charge in [0.15, 0.2) is 0 Å². The van der Waals surface area contributed by atoms with E-state index in [2.05, 4.69) is 112 Å². The van der Waals surface area contributed by atoms with E-state index in [0.717, 1.165) is 157 Å². The van der Waals surface area contributed by atoms with Gasteiger partial charge in [0.25, 0.3) is 5.91 Å². The second-order valence-electron chi connectivity index (χ2n) is 25.3. The third-order valence-corrected chi connectivity index (χ3v) is 19.3. The van der Waals surface area contributed by atoms with Crippen LogP contribution < -0.4 is 16.1 Å². The standard InChI is InChI=1S/C61H84N10O7/c1-6-70-52-17-16-43-29-46(52)48(55(70)47-30-44(32-63-53(47)39(2)76-5)67-24-23-66-25-26-77-35-45(66)34-67)31-60(3,4)38-78-59(75)49-15-10-20-71(65-49)58(74)50(28-40-11-9-14-42(43)27-40)64-56(72)54(41-12-7-8-13-41)68-21-18-61(36-68)19-22-69(37-61)57(73)51-33-62-51/h9,11,14,16-17,27,29,32,39,41,44-45,49-51,54,62,65H,6-8,10,12-13,15,18-26,28,30-31,33-38H2,1-5H3,(H,64,72)/t39-,44+,45-,49-,50-,51+,54-,61-/m0/s1. The van der Waals surface area contributed by atoms with Crippen LogP contribution in [0.4, 0.5) is 0 Å². The number of carbonyl (C=O) groups is 4. The molecule has 3 N–H and O–H groups in total. The maximum Gasteiger partial charge on any atom is 0.324 e. The minimum Gasteiger partial charge on any atom is -0.464 e. The fourth-order valence-electron chi connectivity index (χ4n) is 14.9. The zero-order valence-corrected chi connectivity index (χ0v) is 46.9. The van der Waals surface area contributed by atoms with Gasteiger partial charge in [0.2, 0.25) is 11.8 Å². The number of nitrogens with one attached hydrogen (secondary N) is 3. The molecule has 17 heteroatoms. The van der Waals surface area contributed by atoms with Crippen molar-refractivity contribution in [2.24, 2.45) is 21.7 Å². The largest absolute Gasteiger partial charge is 0.464 e. The number of amides is 3. The lowest BCUT2D eigenvalue weighted by atomic mass is 9.83. The van der Waals surface area contributed by atoms with Crippen molar-refractivity contribution in [1.29, 1.82) is 0 Å². The monoisotopic (exact) mass is 1070 g/mol. The van der Waals surface area contributed by atoms with Crippen LogP contribution in [0.25, 0.3) is 27.6 Å². The van der Waals surface area contributed by atoms with Crippen LogP contribution in [0.2, 0.25) is 0 Å². The Morgan fingerprint density at radius 1 is 0.936 bits per heavy atom. The molecule has 8 aliphatic heterocycles. The molecule has 3 aromatic rings. The molecule has 8 atom stereocenters. The zero-order valence-electron chi connectivity index (χ0n) is 46.9. The third-order valence-electron chi connectivity index (χ3n) is 19.3. The van der Waals surface area contributed by atoms with Crippen molar-refractivity contribution in [2.45, 2.75) is 147 Å². The number of hydrogen-bond acceptors (Lipinski definition) is 13. The number of aliphatic imine (C=N–C) groups is 1. The van der Waals surface area contributed by atoms with Crippen LogP contribution in [0.5, 0.6) is 0 Å². The number of esters is 1. The molecular weight excluding hydrogens is 985 g/mol. The Bertz CT molecular complexity index is 2840. The number of cyclic esters (lactones) is 1. The molecule has 0 unspecified atom stereocenters. The molecule has 6 saturated heterocycles. The first-order valence-electron chi connectivity index (χ1n) is 29.7. The normalized spacial score (nSPS) is 30.2. The third kappa shape index (κ3) is 10.7. The van der Waals surface area contributed by atoms with Crippen molar-refractivity contribution in [3.8, 4) is 11.1 Å². The van der Waals surface area contributed by atoms with Gasteiger partial charge in [0.05, 0.1) is 49.4 Å². The SMILES string of the molecule is CCn1c(C2=C([C@H](C)OC)N=C[C@H](N3CCN4CCOC[C@@H]4C3)C2)c2c3cc(ccc31)-c1cccc(c1)C[C@H](NC(=O)[C@H](C1CCCC1)N1CC[C@]3(CCN(C(=O)[C@H]4CN4)C3)C1)C(=O)N1CCC[C@H](N1)C(=O)OCC(C)(C)C2. The summed E-state index contributed by atoms with van der Waals surface area (Å²) in [4.78, 5) is 72.7. The van der Waals surface area contributed by atoms with Gasteiger partial charge in [-0.1, -0.05) is 57.0 Å². The average molecular weight is 1070 g/mol. The lowest BCUT2D eigenvalue weighted by Gasteiger charge is -2.46. The second-order valence-corrected chi connectivity index (χ2v) is 25.3. The molecule has 7 fully saturated rings. The molecule has 9 heterocycles. The van der Waals surface area contributed by atoms with E-state index in [4.69, 9.17) is 19.2 Å². The summed E-state index contributed by atoms with van der Waals surface area (Å²) in [5, 5.41) is 9.29. The number of hydrogen-bond donors (Lipinski definition) is 3. The quantitative estimate of drug-likeness (QED) is 0.183. The summed E-state index contributed by atoms with van der Waals surface area (Å²) >= 11 is 0. The van der Waals surface area contributed by atoms with Gasteiger partial charge in [-0.3, -0.25) is 43.9 Å². The van der Waals surface area contributed by atoms with E-state index in [1.165, 1.54) is 16.8 Å². The van der Waals surface area contributed by atoms with Crippen molar-refractivity contribution in [2.75, 3.05) is 92.4 Å². The highest BCUT2D eigenvalue weighted by Gasteiger charge is 2.51. The van der Waals surface area contributed by atoms with E-state index < -0.39 is 17.5 Å². The summed E-state index contributed by atoms with van der Waals surface area (Å²) in [6.07, 6.45) is 10.7. The number of carbonyl (C=O) groups excluding carboxylic acids is 4. The number of methoxy groups -OCH3 is 1. The molecule has 6 bridgehead atoms. The van der Waals surface area contributed by atoms with Gasteiger partial charge in [0.1, 0.15) is 12.1 Å². The number of benzene rings is 2.